The number of rotatable bonds is 4. The molecule has 0 saturated heterocycles. The summed E-state index contributed by atoms with van der Waals surface area (Å²) in [5.41, 5.74) is 1.92. The standard InChI is InChI=1S/C12H17ClN2OS/c1-8-4-5-11(10(13)6-8)15-12(17)14-9(2)7-16-3/h4-6,9H,7H2,1-3H3,(H2,14,15,17). The fourth-order valence-electron chi connectivity index (χ4n) is 1.40. The Labute approximate surface area is 112 Å². The van der Waals surface area contributed by atoms with E-state index in [1.807, 2.05) is 32.0 Å². The fourth-order valence-corrected chi connectivity index (χ4v) is 1.99. The van der Waals surface area contributed by atoms with Crippen molar-refractivity contribution in [1.29, 1.82) is 0 Å². The molecule has 3 nitrogen and oxygen atoms in total. The van der Waals surface area contributed by atoms with Crippen molar-refractivity contribution < 1.29 is 4.74 Å². The zero-order chi connectivity index (χ0) is 12.8. The summed E-state index contributed by atoms with van der Waals surface area (Å²) in [6, 6.07) is 5.94. The first-order chi connectivity index (χ1) is 8.02. The molecule has 0 bridgehead atoms. The minimum atomic E-state index is 0.157. The van der Waals surface area contributed by atoms with E-state index < -0.39 is 0 Å². The normalized spacial score (nSPS) is 12.0. The second-order valence-electron chi connectivity index (χ2n) is 3.94. The van der Waals surface area contributed by atoms with Crippen LogP contribution in [0.1, 0.15) is 12.5 Å². The fraction of sp³-hybridized carbons (Fsp3) is 0.417. The van der Waals surface area contributed by atoms with E-state index >= 15 is 0 Å². The summed E-state index contributed by atoms with van der Waals surface area (Å²) < 4.78 is 5.02. The van der Waals surface area contributed by atoms with Gasteiger partial charge in [-0.05, 0) is 43.8 Å². The Morgan fingerprint density at radius 1 is 1.53 bits per heavy atom. The molecule has 1 aromatic carbocycles. The smallest absolute Gasteiger partial charge is 0.171 e. The summed E-state index contributed by atoms with van der Waals surface area (Å²) >= 11 is 11.3. The van der Waals surface area contributed by atoms with Gasteiger partial charge in [-0.1, -0.05) is 17.7 Å². The minimum Gasteiger partial charge on any atom is -0.383 e. The summed E-state index contributed by atoms with van der Waals surface area (Å²) in [6.45, 7) is 4.59. The highest BCUT2D eigenvalue weighted by Crippen LogP contribution is 2.22. The molecule has 1 atom stereocenters. The lowest BCUT2D eigenvalue weighted by Crippen LogP contribution is -2.38. The van der Waals surface area contributed by atoms with Gasteiger partial charge in [-0.25, -0.2) is 0 Å². The summed E-state index contributed by atoms with van der Waals surface area (Å²) in [7, 11) is 1.66. The van der Waals surface area contributed by atoms with Gasteiger partial charge in [-0.3, -0.25) is 0 Å². The van der Waals surface area contributed by atoms with Crippen LogP contribution in [0.5, 0.6) is 0 Å². The number of aryl methyl sites for hydroxylation is 1. The number of nitrogens with one attached hydrogen (secondary N) is 2. The first-order valence-electron chi connectivity index (χ1n) is 5.35. The van der Waals surface area contributed by atoms with Gasteiger partial charge in [0.2, 0.25) is 0 Å². The first kappa shape index (κ1) is 14.2. The highest BCUT2D eigenvalue weighted by Gasteiger charge is 2.06. The van der Waals surface area contributed by atoms with Gasteiger partial charge in [0.25, 0.3) is 0 Å². The molecule has 2 N–H and O–H groups in total. The molecule has 94 valence electrons. The molecule has 0 spiro atoms. The SMILES string of the molecule is COCC(C)NC(=S)Nc1ccc(C)cc1Cl. The van der Waals surface area contributed by atoms with Crippen LogP contribution in [-0.4, -0.2) is 24.9 Å². The van der Waals surface area contributed by atoms with Crippen LogP contribution in [-0.2, 0) is 4.74 Å². The maximum atomic E-state index is 6.10. The van der Waals surface area contributed by atoms with Gasteiger partial charge in [0, 0.05) is 13.2 Å². The Morgan fingerprint density at radius 2 is 2.24 bits per heavy atom. The van der Waals surface area contributed by atoms with Crippen molar-refractivity contribution in [3.63, 3.8) is 0 Å². The van der Waals surface area contributed by atoms with Crippen LogP contribution in [0.15, 0.2) is 18.2 Å². The van der Waals surface area contributed by atoms with Crippen LogP contribution in [0.3, 0.4) is 0 Å². The molecule has 0 aromatic heterocycles. The molecule has 0 heterocycles. The number of hydrogen-bond acceptors (Lipinski definition) is 2. The largest absolute Gasteiger partial charge is 0.383 e. The number of hydrogen-bond donors (Lipinski definition) is 2. The topological polar surface area (TPSA) is 33.3 Å². The summed E-state index contributed by atoms with van der Waals surface area (Å²) in [6.07, 6.45) is 0. The molecule has 0 aliphatic rings. The summed E-state index contributed by atoms with van der Waals surface area (Å²) in [4.78, 5) is 0. The first-order valence-corrected chi connectivity index (χ1v) is 6.14. The molecule has 1 rings (SSSR count). The van der Waals surface area contributed by atoms with E-state index in [1.165, 1.54) is 0 Å². The van der Waals surface area contributed by atoms with Crippen molar-refractivity contribution in [1.82, 2.24) is 5.32 Å². The third-order valence-corrected chi connectivity index (χ3v) is 2.70. The summed E-state index contributed by atoms with van der Waals surface area (Å²) in [5.74, 6) is 0. The quantitative estimate of drug-likeness (QED) is 0.826. The van der Waals surface area contributed by atoms with Crippen molar-refractivity contribution in [3.05, 3.63) is 28.8 Å². The molecule has 0 amide bonds. The van der Waals surface area contributed by atoms with Gasteiger partial charge in [0.1, 0.15) is 0 Å². The predicted octanol–water partition coefficient (Wildman–Crippen LogP) is 2.97. The van der Waals surface area contributed by atoms with Gasteiger partial charge in [-0.2, -0.15) is 0 Å². The van der Waals surface area contributed by atoms with E-state index in [1.54, 1.807) is 7.11 Å². The maximum absolute atomic E-state index is 6.10. The molecule has 5 heteroatoms. The van der Waals surface area contributed by atoms with Crippen LogP contribution < -0.4 is 10.6 Å². The van der Waals surface area contributed by atoms with Crippen molar-refractivity contribution >= 4 is 34.6 Å². The highest BCUT2D eigenvalue weighted by atomic mass is 35.5. The van der Waals surface area contributed by atoms with Gasteiger partial charge in [-0.15, -0.1) is 0 Å². The van der Waals surface area contributed by atoms with E-state index in [0.717, 1.165) is 11.3 Å². The number of methoxy groups -OCH3 is 1. The van der Waals surface area contributed by atoms with E-state index in [4.69, 9.17) is 28.6 Å². The Morgan fingerprint density at radius 3 is 2.82 bits per heavy atom. The monoisotopic (exact) mass is 272 g/mol. The van der Waals surface area contributed by atoms with Gasteiger partial charge in [0.05, 0.1) is 17.3 Å². The summed E-state index contributed by atoms with van der Waals surface area (Å²) in [5, 5.41) is 7.37. The number of halogens is 1. The molecular weight excluding hydrogens is 256 g/mol. The van der Waals surface area contributed by atoms with E-state index in [2.05, 4.69) is 10.6 Å². The molecule has 0 aliphatic heterocycles. The second-order valence-corrected chi connectivity index (χ2v) is 4.75. The number of benzene rings is 1. The minimum absolute atomic E-state index is 0.157. The molecule has 1 unspecified atom stereocenters. The lowest BCUT2D eigenvalue weighted by molar-refractivity contribution is 0.179. The van der Waals surface area contributed by atoms with Crippen molar-refractivity contribution in [3.8, 4) is 0 Å². The average molecular weight is 273 g/mol. The van der Waals surface area contributed by atoms with Crippen molar-refractivity contribution in [2.24, 2.45) is 0 Å². The van der Waals surface area contributed by atoms with E-state index in [-0.39, 0.29) is 6.04 Å². The number of anilines is 1. The van der Waals surface area contributed by atoms with Crippen LogP contribution in [0, 0.1) is 6.92 Å². The molecular formula is C12H17ClN2OS. The van der Waals surface area contributed by atoms with E-state index in [0.29, 0.717) is 16.7 Å². The van der Waals surface area contributed by atoms with Crippen LogP contribution in [0.25, 0.3) is 0 Å². The van der Waals surface area contributed by atoms with Gasteiger partial charge >= 0.3 is 0 Å². The second kappa shape index (κ2) is 6.79. The van der Waals surface area contributed by atoms with Crippen LogP contribution in [0.4, 0.5) is 5.69 Å². The molecule has 0 fully saturated rings. The third-order valence-electron chi connectivity index (χ3n) is 2.17. The van der Waals surface area contributed by atoms with Gasteiger partial charge < -0.3 is 15.4 Å². The maximum Gasteiger partial charge on any atom is 0.171 e. The van der Waals surface area contributed by atoms with Crippen molar-refractivity contribution in [2.45, 2.75) is 19.9 Å². The molecule has 1 aromatic rings. The third kappa shape index (κ3) is 4.89. The Kier molecular flexibility index (Phi) is 5.68. The van der Waals surface area contributed by atoms with Crippen molar-refractivity contribution in [2.75, 3.05) is 19.0 Å². The molecule has 0 radical (unpaired) electrons. The van der Waals surface area contributed by atoms with Crippen LogP contribution in [0.2, 0.25) is 5.02 Å². The Bertz CT molecular complexity index is 398. The predicted molar refractivity (Wildman–Crippen MR) is 76.9 cm³/mol. The zero-order valence-electron chi connectivity index (χ0n) is 10.2. The van der Waals surface area contributed by atoms with E-state index in [9.17, 15) is 0 Å². The zero-order valence-corrected chi connectivity index (χ0v) is 11.8. The lowest BCUT2D eigenvalue weighted by Gasteiger charge is -2.16. The van der Waals surface area contributed by atoms with Gasteiger partial charge in [0.15, 0.2) is 5.11 Å². The molecule has 0 saturated carbocycles. The lowest BCUT2D eigenvalue weighted by atomic mass is 10.2. The number of ether oxygens (including phenoxy) is 1. The molecule has 0 aliphatic carbocycles. The highest BCUT2D eigenvalue weighted by molar-refractivity contribution is 7.80. The Hall–Kier alpha value is -0.840. The number of thiocarbonyl (C=S) groups is 1. The Balaban J connectivity index is 2.56. The molecule has 17 heavy (non-hydrogen) atoms. The van der Waals surface area contributed by atoms with Crippen LogP contribution >= 0.6 is 23.8 Å². The average Bonchev–Trinajstić information content (AvgIpc) is 2.22.